The summed E-state index contributed by atoms with van der Waals surface area (Å²) >= 11 is 0. The molecule has 94 valence electrons. The number of carbonyl (C=O) groups excluding carboxylic acids is 1. The van der Waals surface area contributed by atoms with Gasteiger partial charge in [-0.1, -0.05) is 18.2 Å². The molecule has 18 heavy (non-hydrogen) atoms. The van der Waals surface area contributed by atoms with Crippen LogP contribution in [0.25, 0.3) is 0 Å². The number of ether oxygens (including phenoxy) is 1. The Bertz CT molecular complexity index is 514. The van der Waals surface area contributed by atoms with E-state index >= 15 is 0 Å². The van der Waals surface area contributed by atoms with E-state index in [4.69, 9.17) is 4.74 Å². The van der Waals surface area contributed by atoms with Crippen LogP contribution in [0.5, 0.6) is 0 Å². The van der Waals surface area contributed by atoms with Crippen LogP contribution in [0.1, 0.15) is 41.9 Å². The second-order valence-corrected chi connectivity index (χ2v) is 5.27. The first kappa shape index (κ1) is 11.5. The van der Waals surface area contributed by atoms with Crippen LogP contribution in [0.15, 0.2) is 30.0 Å². The van der Waals surface area contributed by atoms with E-state index in [0.29, 0.717) is 12.3 Å². The summed E-state index contributed by atoms with van der Waals surface area (Å²) in [7, 11) is 1.64. The molecule has 0 radical (unpaired) electrons. The van der Waals surface area contributed by atoms with Gasteiger partial charge in [-0.25, -0.2) is 0 Å². The summed E-state index contributed by atoms with van der Waals surface area (Å²) in [5.74, 6) is 1.30. The van der Waals surface area contributed by atoms with E-state index in [-0.39, 0.29) is 5.78 Å². The number of methoxy groups -OCH3 is 1. The molecule has 3 rings (SSSR count). The highest BCUT2D eigenvalue weighted by Crippen LogP contribution is 2.34. The van der Waals surface area contributed by atoms with Gasteiger partial charge >= 0.3 is 0 Å². The fourth-order valence-electron chi connectivity index (χ4n) is 3.08. The molecule has 0 fully saturated rings. The van der Waals surface area contributed by atoms with Gasteiger partial charge in [0.05, 0.1) is 12.9 Å². The standard InChI is InChI=1S/C16H18O2/c1-18-16-9-14(8-15(17)10-16)13-6-5-11-3-2-4-12(11)7-13/h5-7,10,14H,2-4,8-9H2,1H3. The zero-order valence-electron chi connectivity index (χ0n) is 10.7. The Morgan fingerprint density at radius 2 is 2.00 bits per heavy atom. The number of rotatable bonds is 2. The molecule has 1 atom stereocenters. The minimum absolute atomic E-state index is 0.184. The van der Waals surface area contributed by atoms with Gasteiger partial charge in [0.1, 0.15) is 0 Å². The lowest BCUT2D eigenvalue weighted by molar-refractivity contribution is -0.115. The second-order valence-electron chi connectivity index (χ2n) is 5.27. The molecule has 0 N–H and O–H groups in total. The average molecular weight is 242 g/mol. The lowest BCUT2D eigenvalue weighted by Gasteiger charge is -2.22. The molecule has 2 heteroatoms. The van der Waals surface area contributed by atoms with Crippen LogP contribution in [0, 0.1) is 0 Å². The normalized spacial score (nSPS) is 22.6. The van der Waals surface area contributed by atoms with Crippen molar-refractivity contribution >= 4 is 5.78 Å². The molecule has 0 aromatic heterocycles. The predicted molar refractivity (Wildman–Crippen MR) is 70.5 cm³/mol. The van der Waals surface area contributed by atoms with Crippen molar-refractivity contribution in [1.82, 2.24) is 0 Å². The van der Waals surface area contributed by atoms with Crippen LogP contribution in [0.4, 0.5) is 0 Å². The summed E-state index contributed by atoms with van der Waals surface area (Å²) in [5, 5.41) is 0. The molecule has 1 unspecified atom stereocenters. The molecule has 0 amide bonds. The zero-order valence-corrected chi connectivity index (χ0v) is 10.7. The number of ketones is 1. The summed E-state index contributed by atoms with van der Waals surface area (Å²) in [6.45, 7) is 0. The second kappa shape index (κ2) is 4.60. The van der Waals surface area contributed by atoms with Crippen molar-refractivity contribution in [3.63, 3.8) is 0 Å². The molecular formula is C16H18O2. The monoisotopic (exact) mass is 242 g/mol. The van der Waals surface area contributed by atoms with Crippen LogP contribution >= 0.6 is 0 Å². The molecule has 2 nitrogen and oxygen atoms in total. The van der Waals surface area contributed by atoms with Gasteiger partial charge in [0, 0.05) is 18.9 Å². The van der Waals surface area contributed by atoms with Gasteiger partial charge < -0.3 is 4.74 Å². The van der Waals surface area contributed by atoms with E-state index in [0.717, 1.165) is 12.2 Å². The lowest BCUT2D eigenvalue weighted by Crippen LogP contribution is -2.13. The molecular weight excluding hydrogens is 224 g/mol. The van der Waals surface area contributed by atoms with Crippen LogP contribution in [0.3, 0.4) is 0 Å². The van der Waals surface area contributed by atoms with Crippen molar-refractivity contribution in [3.05, 3.63) is 46.7 Å². The first-order valence-electron chi connectivity index (χ1n) is 6.65. The Balaban J connectivity index is 1.87. The first-order valence-corrected chi connectivity index (χ1v) is 6.65. The van der Waals surface area contributed by atoms with Gasteiger partial charge in [0.25, 0.3) is 0 Å². The summed E-state index contributed by atoms with van der Waals surface area (Å²) in [4.78, 5) is 11.7. The number of benzene rings is 1. The first-order chi connectivity index (χ1) is 8.76. The third-order valence-electron chi connectivity index (χ3n) is 4.07. The van der Waals surface area contributed by atoms with Crippen molar-refractivity contribution in [2.24, 2.45) is 0 Å². The highest BCUT2D eigenvalue weighted by Gasteiger charge is 2.23. The Hall–Kier alpha value is -1.57. The summed E-state index contributed by atoms with van der Waals surface area (Å²) in [5.41, 5.74) is 4.27. The van der Waals surface area contributed by atoms with E-state index in [9.17, 15) is 4.79 Å². The fourth-order valence-corrected chi connectivity index (χ4v) is 3.08. The Morgan fingerprint density at radius 3 is 2.83 bits per heavy atom. The van der Waals surface area contributed by atoms with Gasteiger partial charge in [-0.3, -0.25) is 4.79 Å². The molecule has 0 saturated heterocycles. The van der Waals surface area contributed by atoms with Gasteiger partial charge in [-0.2, -0.15) is 0 Å². The van der Waals surface area contributed by atoms with Crippen molar-refractivity contribution in [2.75, 3.05) is 7.11 Å². The molecule has 1 aromatic carbocycles. The zero-order chi connectivity index (χ0) is 12.5. The molecule has 1 aromatic rings. The summed E-state index contributed by atoms with van der Waals surface area (Å²) in [6, 6.07) is 6.74. The predicted octanol–water partition coefficient (Wildman–Crippen LogP) is 3.15. The van der Waals surface area contributed by atoms with Crippen LogP contribution in [-0.4, -0.2) is 12.9 Å². The molecule has 2 aliphatic rings. The molecule has 0 bridgehead atoms. The Morgan fingerprint density at radius 1 is 1.17 bits per heavy atom. The van der Waals surface area contributed by atoms with E-state index in [1.54, 1.807) is 13.2 Å². The van der Waals surface area contributed by atoms with Gasteiger partial charge in [0.2, 0.25) is 0 Å². The largest absolute Gasteiger partial charge is 0.501 e. The smallest absolute Gasteiger partial charge is 0.159 e. The highest BCUT2D eigenvalue weighted by molar-refractivity contribution is 5.91. The number of hydrogen-bond donors (Lipinski definition) is 0. The maximum Gasteiger partial charge on any atom is 0.159 e. The van der Waals surface area contributed by atoms with Gasteiger partial charge in [-0.15, -0.1) is 0 Å². The third kappa shape index (κ3) is 2.07. The number of aryl methyl sites for hydroxylation is 2. The Kier molecular flexibility index (Phi) is 2.94. The van der Waals surface area contributed by atoms with Crippen LogP contribution in [-0.2, 0) is 22.4 Å². The minimum atomic E-state index is 0.184. The van der Waals surface area contributed by atoms with Crippen molar-refractivity contribution in [2.45, 2.75) is 38.0 Å². The topological polar surface area (TPSA) is 26.3 Å². The molecule has 0 spiro atoms. The van der Waals surface area contributed by atoms with Crippen LogP contribution < -0.4 is 0 Å². The maximum absolute atomic E-state index is 11.7. The van der Waals surface area contributed by atoms with E-state index in [2.05, 4.69) is 18.2 Å². The van der Waals surface area contributed by atoms with E-state index in [1.165, 1.54) is 36.0 Å². The molecule has 0 saturated carbocycles. The van der Waals surface area contributed by atoms with Gasteiger partial charge in [0.15, 0.2) is 5.78 Å². The Labute approximate surface area is 108 Å². The fraction of sp³-hybridized carbons (Fsp3) is 0.438. The number of hydrogen-bond acceptors (Lipinski definition) is 2. The number of allylic oxidation sites excluding steroid dienone is 2. The van der Waals surface area contributed by atoms with E-state index in [1.807, 2.05) is 0 Å². The van der Waals surface area contributed by atoms with Gasteiger partial charge in [-0.05, 0) is 41.9 Å². The third-order valence-corrected chi connectivity index (χ3v) is 4.07. The SMILES string of the molecule is COC1=CC(=O)CC(c2ccc3c(c2)CCC3)C1. The molecule has 2 aliphatic carbocycles. The summed E-state index contributed by atoms with van der Waals surface area (Å²) in [6.07, 6.45) is 6.78. The minimum Gasteiger partial charge on any atom is -0.501 e. The van der Waals surface area contributed by atoms with Crippen LogP contribution in [0.2, 0.25) is 0 Å². The summed E-state index contributed by atoms with van der Waals surface area (Å²) < 4.78 is 5.25. The molecule has 0 aliphatic heterocycles. The lowest BCUT2D eigenvalue weighted by atomic mass is 9.85. The highest BCUT2D eigenvalue weighted by atomic mass is 16.5. The quantitative estimate of drug-likeness (QED) is 0.796. The van der Waals surface area contributed by atoms with Crippen molar-refractivity contribution in [1.29, 1.82) is 0 Å². The average Bonchev–Trinajstić information content (AvgIpc) is 2.85. The number of fused-ring (bicyclic) bond motifs is 1. The molecule has 0 heterocycles. The maximum atomic E-state index is 11.7. The van der Waals surface area contributed by atoms with E-state index < -0.39 is 0 Å². The van der Waals surface area contributed by atoms with Crippen molar-refractivity contribution < 1.29 is 9.53 Å². The van der Waals surface area contributed by atoms with Crippen molar-refractivity contribution in [3.8, 4) is 0 Å². The number of carbonyl (C=O) groups is 1.